The lowest BCUT2D eigenvalue weighted by Gasteiger charge is -2.36. The van der Waals surface area contributed by atoms with Gasteiger partial charge in [0.1, 0.15) is 5.82 Å². The van der Waals surface area contributed by atoms with Gasteiger partial charge in [0.2, 0.25) is 5.91 Å². The normalized spacial score (nSPS) is 17.4. The van der Waals surface area contributed by atoms with Crippen LogP contribution in [0.25, 0.3) is 0 Å². The van der Waals surface area contributed by atoms with E-state index in [1.54, 1.807) is 6.07 Å². The Morgan fingerprint density at radius 1 is 1.33 bits per heavy atom. The molecule has 1 amide bonds. The largest absolute Gasteiger partial charge is 0.381 e. The Hall–Kier alpha value is -1.46. The van der Waals surface area contributed by atoms with E-state index in [0.29, 0.717) is 32.6 Å². The van der Waals surface area contributed by atoms with Crippen LogP contribution >= 0.6 is 0 Å². The van der Waals surface area contributed by atoms with Crippen molar-refractivity contribution in [2.75, 3.05) is 33.4 Å². The maximum absolute atomic E-state index is 13.5. The van der Waals surface area contributed by atoms with E-state index >= 15 is 0 Å². The third-order valence-corrected chi connectivity index (χ3v) is 4.05. The summed E-state index contributed by atoms with van der Waals surface area (Å²) < 4.78 is 18.9. The lowest BCUT2D eigenvalue weighted by molar-refractivity contribution is -0.130. The van der Waals surface area contributed by atoms with E-state index in [4.69, 9.17) is 4.74 Å². The molecular weight excluding hydrogens is 271 g/mol. The topological polar surface area (TPSA) is 50.4 Å². The molecule has 5 heteroatoms. The molecule has 4 nitrogen and oxygen atoms in total. The van der Waals surface area contributed by atoms with Gasteiger partial charge < -0.3 is 15.4 Å². The second-order valence-corrected chi connectivity index (χ2v) is 5.42. The van der Waals surface area contributed by atoms with Crippen LogP contribution in [0.15, 0.2) is 24.3 Å². The molecule has 116 valence electrons. The molecule has 1 aliphatic rings. The van der Waals surface area contributed by atoms with E-state index in [9.17, 15) is 9.18 Å². The van der Waals surface area contributed by atoms with Crippen LogP contribution in [0.5, 0.6) is 0 Å². The fourth-order valence-electron chi connectivity index (χ4n) is 2.79. The molecule has 1 saturated heterocycles. The van der Waals surface area contributed by atoms with Crippen molar-refractivity contribution in [2.45, 2.75) is 24.7 Å². The van der Waals surface area contributed by atoms with Crippen molar-refractivity contribution < 1.29 is 13.9 Å². The summed E-state index contributed by atoms with van der Waals surface area (Å²) in [6, 6.07) is 6.37. The van der Waals surface area contributed by atoms with Crippen molar-refractivity contribution >= 4 is 5.91 Å². The van der Waals surface area contributed by atoms with E-state index in [-0.39, 0.29) is 11.7 Å². The summed E-state index contributed by atoms with van der Waals surface area (Å²) in [6.45, 7) is 2.54. The number of amides is 1. The third-order valence-electron chi connectivity index (χ3n) is 4.05. The van der Waals surface area contributed by atoms with E-state index in [1.165, 1.54) is 12.1 Å². The summed E-state index contributed by atoms with van der Waals surface area (Å²) in [7, 11) is 1.88. The highest BCUT2D eigenvalue weighted by atomic mass is 19.1. The monoisotopic (exact) mass is 294 g/mol. The maximum Gasteiger partial charge on any atom is 0.230 e. The van der Waals surface area contributed by atoms with Gasteiger partial charge in [-0.05, 0) is 50.6 Å². The first-order valence-corrected chi connectivity index (χ1v) is 7.46. The molecule has 0 saturated carbocycles. The zero-order valence-corrected chi connectivity index (χ0v) is 12.5. The number of hydrogen-bond donors (Lipinski definition) is 2. The van der Waals surface area contributed by atoms with Crippen LogP contribution in [0.1, 0.15) is 24.8 Å². The fraction of sp³-hybridized carbons (Fsp3) is 0.562. The van der Waals surface area contributed by atoms with E-state index < -0.39 is 5.41 Å². The van der Waals surface area contributed by atoms with Crippen molar-refractivity contribution in [1.82, 2.24) is 10.6 Å². The molecular formula is C16H23FN2O2. The van der Waals surface area contributed by atoms with Crippen molar-refractivity contribution in [3.63, 3.8) is 0 Å². The molecule has 0 spiro atoms. The first-order chi connectivity index (χ1) is 10.2. The van der Waals surface area contributed by atoms with Crippen LogP contribution in [-0.2, 0) is 14.9 Å². The molecule has 0 atom stereocenters. The molecule has 2 N–H and O–H groups in total. The average molecular weight is 294 g/mol. The van der Waals surface area contributed by atoms with Crippen molar-refractivity contribution in [3.05, 3.63) is 35.6 Å². The predicted molar refractivity (Wildman–Crippen MR) is 79.7 cm³/mol. The second-order valence-electron chi connectivity index (χ2n) is 5.42. The number of benzene rings is 1. The quantitative estimate of drug-likeness (QED) is 0.784. The van der Waals surface area contributed by atoms with Crippen LogP contribution in [0.2, 0.25) is 0 Å². The number of halogens is 1. The van der Waals surface area contributed by atoms with Crippen molar-refractivity contribution in [2.24, 2.45) is 0 Å². The van der Waals surface area contributed by atoms with Crippen LogP contribution in [0.3, 0.4) is 0 Å². The molecule has 1 aliphatic heterocycles. The molecule has 1 heterocycles. The highest BCUT2D eigenvalue weighted by molar-refractivity contribution is 5.88. The summed E-state index contributed by atoms with van der Waals surface area (Å²) in [6.07, 6.45) is 2.06. The van der Waals surface area contributed by atoms with Crippen LogP contribution < -0.4 is 10.6 Å². The van der Waals surface area contributed by atoms with Crippen molar-refractivity contribution in [1.29, 1.82) is 0 Å². The Kier molecular flexibility index (Phi) is 5.70. The minimum Gasteiger partial charge on any atom is -0.381 e. The molecule has 1 aromatic carbocycles. The first-order valence-electron chi connectivity index (χ1n) is 7.46. The van der Waals surface area contributed by atoms with Gasteiger partial charge in [-0.25, -0.2) is 4.39 Å². The summed E-state index contributed by atoms with van der Waals surface area (Å²) in [4.78, 5) is 12.7. The zero-order chi connectivity index (χ0) is 15.1. The molecule has 1 aromatic rings. The summed E-state index contributed by atoms with van der Waals surface area (Å²) in [5.74, 6) is -0.325. The van der Waals surface area contributed by atoms with Gasteiger partial charge in [0.15, 0.2) is 0 Å². The summed E-state index contributed by atoms with van der Waals surface area (Å²) in [5.41, 5.74) is 0.0805. The van der Waals surface area contributed by atoms with Crippen LogP contribution in [-0.4, -0.2) is 39.3 Å². The molecule has 0 radical (unpaired) electrons. The van der Waals surface area contributed by atoms with Gasteiger partial charge in [-0.1, -0.05) is 12.1 Å². The number of carbonyl (C=O) groups excluding carboxylic acids is 1. The number of rotatable bonds is 6. The lowest BCUT2D eigenvalue weighted by atomic mass is 9.73. The standard InChI is InChI=1S/C16H23FN2O2/c1-18-8-3-9-19-15(20)16(6-10-21-11-7-16)13-4-2-5-14(17)12-13/h2,4-5,12,18H,3,6-11H2,1H3,(H,19,20). The van der Waals surface area contributed by atoms with Crippen molar-refractivity contribution in [3.8, 4) is 0 Å². The number of carbonyl (C=O) groups is 1. The summed E-state index contributed by atoms with van der Waals surface area (Å²) in [5, 5.41) is 6.04. The van der Waals surface area contributed by atoms with Gasteiger partial charge in [0.05, 0.1) is 5.41 Å². The predicted octanol–water partition coefficient (Wildman–Crippen LogP) is 1.60. The van der Waals surface area contributed by atoms with E-state index in [0.717, 1.165) is 18.5 Å². The fourth-order valence-corrected chi connectivity index (χ4v) is 2.79. The summed E-state index contributed by atoms with van der Waals surface area (Å²) >= 11 is 0. The van der Waals surface area contributed by atoms with Gasteiger partial charge >= 0.3 is 0 Å². The maximum atomic E-state index is 13.5. The molecule has 1 fully saturated rings. The van der Waals surface area contributed by atoms with E-state index in [2.05, 4.69) is 10.6 Å². The van der Waals surface area contributed by atoms with Gasteiger partial charge in [0, 0.05) is 19.8 Å². The highest BCUT2D eigenvalue weighted by Gasteiger charge is 2.41. The molecule has 2 rings (SSSR count). The Morgan fingerprint density at radius 3 is 2.76 bits per heavy atom. The Bertz CT molecular complexity index is 473. The van der Waals surface area contributed by atoms with Gasteiger partial charge in [-0.15, -0.1) is 0 Å². The molecule has 0 bridgehead atoms. The van der Waals surface area contributed by atoms with Gasteiger partial charge in [0.25, 0.3) is 0 Å². The third kappa shape index (κ3) is 3.80. The zero-order valence-electron chi connectivity index (χ0n) is 12.5. The molecule has 21 heavy (non-hydrogen) atoms. The smallest absolute Gasteiger partial charge is 0.230 e. The molecule has 0 unspecified atom stereocenters. The molecule has 0 aromatic heterocycles. The van der Waals surface area contributed by atoms with Crippen LogP contribution in [0, 0.1) is 5.82 Å². The Balaban J connectivity index is 2.15. The highest BCUT2D eigenvalue weighted by Crippen LogP contribution is 2.35. The Labute approximate surface area is 125 Å². The number of hydrogen-bond acceptors (Lipinski definition) is 3. The number of nitrogens with one attached hydrogen (secondary N) is 2. The second kappa shape index (κ2) is 7.52. The minimum absolute atomic E-state index is 0.0208. The Morgan fingerprint density at radius 2 is 2.10 bits per heavy atom. The lowest BCUT2D eigenvalue weighted by Crippen LogP contribution is -2.48. The van der Waals surface area contributed by atoms with Gasteiger partial charge in [-0.2, -0.15) is 0 Å². The minimum atomic E-state index is -0.667. The molecule has 0 aliphatic carbocycles. The first kappa shape index (κ1) is 15.9. The van der Waals surface area contributed by atoms with E-state index in [1.807, 2.05) is 13.1 Å². The number of ether oxygens (including phenoxy) is 1. The SMILES string of the molecule is CNCCCNC(=O)C1(c2cccc(F)c2)CCOCC1. The van der Waals surface area contributed by atoms with Crippen LogP contribution in [0.4, 0.5) is 4.39 Å². The average Bonchev–Trinajstić information content (AvgIpc) is 2.52. The van der Waals surface area contributed by atoms with Gasteiger partial charge in [-0.3, -0.25) is 4.79 Å².